The Bertz CT molecular complexity index is 736. The lowest BCUT2D eigenvalue weighted by atomic mass is 10.2. The Morgan fingerprint density at radius 1 is 1.14 bits per heavy atom. The molecule has 2 N–H and O–H groups in total. The second-order valence-electron chi connectivity index (χ2n) is 4.40. The van der Waals surface area contributed by atoms with Crippen molar-refractivity contribution in [3.63, 3.8) is 0 Å². The molecule has 0 aliphatic rings. The Labute approximate surface area is 122 Å². The molecule has 0 saturated carbocycles. The third-order valence-corrected chi connectivity index (χ3v) is 2.90. The molecular formula is C15H15N5O. The Hall–Kier alpha value is -2.89. The Kier molecular flexibility index (Phi) is 3.51. The lowest BCUT2D eigenvalue weighted by Crippen LogP contribution is -2.01. The van der Waals surface area contributed by atoms with E-state index in [0.717, 1.165) is 5.56 Å². The lowest BCUT2D eigenvalue weighted by Gasteiger charge is -2.04. The molecule has 0 atom stereocenters. The minimum Gasteiger partial charge on any atom is -0.478 e. The first-order chi connectivity index (χ1) is 10.3. The smallest absolute Gasteiger partial charge is 0.215 e. The van der Waals surface area contributed by atoms with Gasteiger partial charge in [0.05, 0.1) is 6.61 Å². The van der Waals surface area contributed by atoms with Gasteiger partial charge in [-0.3, -0.25) is 0 Å². The van der Waals surface area contributed by atoms with Crippen LogP contribution in [0.15, 0.2) is 48.8 Å². The van der Waals surface area contributed by atoms with Gasteiger partial charge in [0.25, 0.3) is 0 Å². The van der Waals surface area contributed by atoms with Crippen LogP contribution < -0.4 is 10.5 Å². The number of nitrogen functional groups attached to an aromatic ring is 1. The number of anilines is 1. The minimum absolute atomic E-state index is 0.569. The quantitative estimate of drug-likeness (QED) is 0.742. The van der Waals surface area contributed by atoms with Crippen LogP contribution in [0, 0.1) is 0 Å². The summed E-state index contributed by atoms with van der Waals surface area (Å²) in [4.78, 5) is 8.67. The van der Waals surface area contributed by atoms with Crippen molar-refractivity contribution >= 4 is 5.69 Å². The van der Waals surface area contributed by atoms with Crippen LogP contribution in [0.4, 0.5) is 5.69 Å². The van der Waals surface area contributed by atoms with Gasteiger partial charge in [-0.2, -0.15) is 4.98 Å². The Morgan fingerprint density at radius 3 is 2.71 bits per heavy atom. The number of ether oxygens (including phenoxy) is 1. The van der Waals surface area contributed by atoms with Crippen molar-refractivity contribution < 1.29 is 4.74 Å². The van der Waals surface area contributed by atoms with Crippen LogP contribution in [0.1, 0.15) is 6.92 Å². The second kappa shape index (κ2) is 5.62. The van der Waals surface area contributed by atoms with Crippen molar-refractivity contribution in [1.82, 2.24) is 19.7 Å². The summed E-state index contributed by atoms with van der Waals surface area (Å²) in [7, 11) is 0. The first-order valence-electron chi connectivity index (χ1n) is 6.64. The van der Waals surface area contributed by atoms with Gasteiger partial charge in [-0.05, 0) is 37.3 Å². The monoisotopic (exact) mass is 281 g/mol. The normalized spacial score (nSPS) is 10.5. The van der Waals surface area contributed by atoms with Crippen LogP contribution in [-0.4, -0.2) is 26.4 Å². The highest BCUT2D eigenvalue weighted by Crippen LogP contribution is 2.17. The summed E-state index contributed by atoms with van der Waals surface area (Å²) in [6, 6.07) is 13.0. The average molecular weight is 281 g/mol. The van der Waals surface area contributed by atoms with Crippen LogP contribution in [0.5, 0.6) is 5.88 Å². The molecule has 0 bridgehead atoms. The molecule has 0 fully saturated rings. The number of benzene rings is 1. The molecule has 0 aliphatic heterocycles. The molecular weight excluding hydrogens is 266 g/mol. The van der Waals surface area contributed by atoms with Gasteiger partial charge in [0.15, 0.2) is 11.6 Å². The predicted octanol–water partition coefficient (Wildman–Crippen LogP) is 2.31. The summed E-state index contributed by atoms with van der Waals surface area (Å²) < 4.78 is 7.01. The van der Waals surface area contributed by atoms with Crippen LogP contribution >= 0.6 is 0 Å². The molecule has 0 radical (unpaired) electrons. The van der Waals surface area contributed by atoms with Crippen molar-refractivity contribution in [3.8, 4) is 23.1 Å². The first-order valence-corrected chi connectivity index (χ1v) is 6.64. The van der Waals surface area contributed by atoms with E-state index in [1.807, 2.05) is 49.4 Å². The van der Waals surface area contributed by atoms with E-state index in [4.69, 9.17) is 10.5 Å². The number of hydrogen-bond acceptors (Lipinski definition) is 5. The third kappa shape index (κ3) is 2.84. The molecule has 3 rings (SSSR count). The number of nitrogens with zero attached hydrogens (tertiary/aromatic N) is 4. The van der Waals surface area contributed by atoms with E-state index in [1.165, 1.54) is 0 Å². The fourth-order valence-corrected chi connectivity index (χ4v) is 1.90. The molecule has 0 unspecified atom stereocenters. The van der Waals surface area contributed by atoms with Crippen molar-refractivity contribution in [1.29, 1.82) is 0 Å². The molecule has 0 aliphatic carbocycles. The molecule has 2 heterocycles. The van der Waals surface area contributed by atoms with Crippen molar-refractivity contribution in [2.75, 3.05) is 12.3 Å². The minimum atomic E-state index is 0.569. The molecule has 0 saturated heterocycles. The highest BCUT2D eigenvalue weighted by molar-refractivity contribution is 5.58. The zero-order valence-corrected chi connectivity index (χ0v) is 11.6. The molecule has 6 nitrogen and oxygen atoms in total. The largest absolute Gasteiger partial charge is 0.478 e. The summed E-state index contributed by atoms with van der Waals surface area (Å²) >= 11 is 0. The summed E-state index contributed by atoms with van der Waals surface area (Å²) in [6.45, 7) is 2.49. The third-order valence-electron chi connectivity index (χ3n) is 2.90. The Morgan fingerprint density at radius 2 is 1.95 bits per heavy atom. The van der Waals surface area contributed by atoms with Crippen LogP contribution in [0.25, 0.3) is 17.2 Å². The van der Waals surface area contributed by atoms with E-state index in [0.29, 0.717) is 29.8 Å². The Balaban J connectivity index is 1.91. The first kappa shape index (κ1) is 13.1. The van der Waals surface area contributed by atoms with Gasteiger partial charge in [-0.1, -0.05) is 6.07 Å². The maximum Gasteiger partial charge on any atom is 0.215 e. The highest BCUT2D eigenvalue weighted by Gasteiger charge is 2.07. The fourth-order valence-electron chi connectivity index (χ4n) is 1.90. The highest BCUT2D eigenvalue weighted by atomic mass is 16.5. The summed E-state index contributed by atoms with van der Waals surface area (Å²) in [5.41, 5.74) is 7.29. The van der Waals surface area contributed by atoms with Gasteiger partial charge in [0, 0.05) is 17.3 Å². The van der Waals surface area contributed by atoms with Crippen LogP contribution in [-0.2, 0) is 0 Å². The second-order valence-corrected chi connectivity index (χ2v) is 4.40. The van der Waals surface area contributed by atoms with Crippen molar-refractivity contribution in [3.05, 3.63) is 48.8 Å². The van der Waals surface area contributed by atoms with Gasteiger partial charge in [-0.25, -0.2) is 9.67 Å². The molecule has 3 aromatic rings. The summed E-state index contributed by atoms with van der Waals surface area (Å²) in [5, 5.41) is 4.43. The summed E-state index contributed by atoms with van der Waals surface area (Å²) in [5.74, 6) is 1.85. The number of hydrogen-bond donors (Lipinski definition) is 1. The van der Waals surface area contributed by atoms with E-state index >= 15 is 0 Å². The van der Waals surface area contributed by atoms with E-state index < -0.39 is 0 Å². The molecule has 6 heteroatoms. The van der Waals surface area contributed by atoms with Crippen molar-refractivity contribution in [2.24, 2.45) is 0 Å². The molecule has 21 heavy (non-hydrogen) atoms. The number of pyridine rings is 1. The van der Waals surface area contributed by atoms with E-state index in [2.05, 4.69) is 15.1 Å². The number of nitrogens with two attached hydrogens (primary N) is 1. The van der Waals surface area contributed by atoms with E-state index in [1.54, 1.807) is 11.0 Å². The maximum absolute atomic E-state index is 5.68. The zero-order chi connectivity index (χ0) is 14.7. The van der Waals surface area contributed by atoms with Gasteiger partial charge >= 0.3 is 0 Å². The fraction of sp³-hybridized carbons (Fsp3) is 0.133. The van der Waals surface area contributed by atoms with Crippen LogP contribution in [0.3, 0.4) is 0 Å². The molecule has 0 spiro atoms. The van der Waals surface area contributed by atoms with Gasteiger partial charge in [-0.15, -0.1) is 5.10 Å². The topological polar surface area (TPSA) is 78.9 Å². The predicted molar refractivity (Wildman–Crippen MR) is 80.2 cm³/mol. The number of aromatic nitrogens is 4. The summed E-state index contributed by atoms with van der Waals surface area (Å²) in [6.07, 6.45) is 1.63. The average Bonchev–Trinajstić information content (AvgIpc) is 2.98. The molecule has 106 valence electrons. The van der Waals surface area contributed by atoms with Gasteiger partial charge in [0.1, 0.15) is 6.33 Å². The van der Waals surface area contributed by atoms with Crippen LogP contribution in [0.2, 0.25) is 0 Å². The van der Waals surface area contributed by atoms with E-state index in [9.17, 15) is 0 Å². The number of rotatable bonds is 4. The zero-order valence-electron chi connectivity index (χ0n) is 11.6. The molecule has 2 aromatic heterocycles. The SMILES string of the molecule is CCOc1cccc(-n2cnc(-c3ccc(N)cc3)n2)n1. The van der Waals surface area contributed by atoms with E-state index in [-0.39, 0.29) is 0 Å². The molecule has 1 aromatic carbocycles. The lowest BCUT2D eigenvalue weighted by molar-refractivity contribution is 0.326. The van der Waals surface area contributed by atoms with Crippen molar-refractivity contribution in [2.45, 2.75) is 6.92 Å². The maximum atomic E-state index is 5.68. The standard InChI is InChI=1S/C15H15N5O/c1-2-21-14-5-3-4-13(18-14)20-10-17-15(19-20)11-6-8-12(16)9-7-11/h3-10H,2,16H2,1H3. The van der Waals surface area contributed by atoms with Gasteiger partial charge < -0.3 is 10.5 Å². The van der Waals surface area contributed by atoms with Gasteiger partial charge in [0.2, 0.25) is 5.88 Å². The molecule has 0 amide bonds.